The van der Waals surface area contributed by atoms with Crippen molar-refractivity contribution in [2.75, 3.05) is 20.3 Å². The predicted octanol–water partition coefficient (Wildman–Crippen LogP) is 12.6. The molecule has 0 aliphatic heterocycles. The Bertz CT molecular complexity index is 1080. The quantitative estimate of drug-likeness (QED) is 0.0581. The van der Waals surface area contributed by atoms with Gasteiger partial charge in [-0.1, -0.05) is 104 Å². The molecule has 0 fully saturated rings. The molecule has 0 atom stereocenters. The summed E-state index contributed by atoms with van der Waals surface area (Å²) >= 11 is 0. The Morgan fingerprint density at radius 2 is 0.909 bits per heavy atom. The number of rotatable bonds is 24. The van der Waals surface area contributed by atoms with Gasteiger partial charge in [-0.05, 0) is 73.0 Å². The molecule has 0 spiro atoms. The molecule has 4 heteroatoms. The lowest BCUT2D eigenvalue weighted by molar-refractivity contribution is 0.304. The zero-order valence-electron chi connectivity index (χ0n) is 27.8. The van der Waals surface area contributed by atoms with Crippen LogP contribution in [0.15, 0.2) is 71.3 Å². The summed E-state index contributed by atoms with van der Waals surface area (Å²) in [5.74, 6) is 3.38. The summed E-state index contributed by atoms with van der Waals surface area (Å²) in [5, 5.41) is 0. The Morgan fingerprint density at radius 1 is 0.523 bits per heavy atom. The molecular formula is C40H57O4+. The van der Waals surface area contributed by atoms with E-state index in [0.717, 1.165) is 65.8 Å². The Hall–Kier alpha value is -3.27. The highest BCUT2D eigenvalue weighted by Gasteiger charge is 2.19. The molecule has 0 N–H and O–H groups in total. The lowest BCUT2D eigenvalue weighted by atomic mass is 10.1. The SMILES string of the molecule is CCCCCCCCCCOc1ccc(-c2cc(C=COC)cc(-c3ccc(OCCCCCCCCCC)cc3)[o+]2)cc1. The summed E-state index contributed by atoms with van der Waals surface area (Å²) < 4.78 is 23.6. The molecular weight excluding hydrogens is 544 g/mol. The Kier molecular flexibility index (Phi) is 17.8. The molecule has 240 valence electrons. The minimum absolute atomic E-state index is 0.763. The zero-order valence-corrected chi connectivity index (χ0v) is 27.8. The van der Waals surface area contributed by atoms with Crippen LogP contribution in [0, 0.1) is 0 Å². The molecule has 3 rings (SSSR count). The van der Waals surface area contributed by atoms with Crippen LogP contribution in [0.1, 0.15) is 122 Å². The van der Waals surface area contributed by atoms with Crippen molar-refractivity contribution in [1.82, 2.24) is 0 Å². The van der Waals surface area contributed by atoms with Gasteiger partial charge in [-0.25, -0.2) is 4.42 Å². The van der Waals surface area contributed by atoms with Crippen molar-refractivity contribution in [3.8, 4) is 34.1 Å². The molecule has 0 bridgehead atoms. The van der Waals surface area contributed by atoms with Crippen molar-refractivity contribution in [3.63, 3.8) is 0 Å². The minimum Gasteiger partial charge on any atom is -0.504 e. The summed E-state index contributed by atoms with van der Waals surface area (Å²) in [4.78, 5) is 0. The van der Waals surface area contributed by atoms with Crippen LogP contribution in [0.5, 0.6) is 11.5 Å². The van der Waals surface area contributed by atoms with Gasteiger partial charge in [0.2, 0.25) is 0 Å². The second-order valence-electron chi connectivity index (χ2n) is 11.9. The summed E-state index contributed by atoms with van der Waals surface area (Å²) in [6.45, 7) is 6.06. The molecule has 2 aromatic carbocycles. The molecule has 1 aromatic heterocycles. The maximum absolute atomic E-state index is 6.41. The number of methoxy groups -OCH3 is 1. The molecule has 0 unspecified atom stereocenters. The molecule has 4 nitrogen and oxygen atoms in total. The number of benzene rings is 2. The van der Waals surface area contributed by atoms with Crippen molar-refractivity contribution in [2.24, 2.45) is 0 Å². The molecule has 0 aliphatic carbocycles. The third-order valence-electron chi connectivity index (χ3n) is 8.02. The predicted molar refractivity (Wildman–Crippen MR) is 186 cm³/mol. The summed E-state index contributed by atoms with van der Waals surface area (Å²) in [7, 11) is 1.66. The largest absolute Gasteiger partial charge is 0.504 e. The van der Waals surface area contributed by atoms with Gasteiger partial charge in [0.25, 0.3) is 0 Å². The first kappa shape index (κ1) is 35.2. The average molecular weight is 602 g/mol. The fourth-order valence-electron chi connectivity index (χ4n) is 5.33. The lowest BCUT2D eigenvalue weighted by Gasteiger charge is -2.07. The van der Waals surface area contributed by atoms with E-state index in [1.807, 2.05) is 42.5 Å². The van der Waals surface area contributed by atoms with Crippen LogP contribution in [0.2, 0.25) is 0 Å². The lowest BCUT2D eigenvalue weighted by Crippen LogP contribution is -1.97. The zero-order chi connectivity index (χ0) is 31.1. The molecule has 3 aromatic rings. The van der Waals surface area contributed by atoms with Gasteiger partial charge >= 0.3 is 11.5 Å². The van der Waals surface area contributed by atoms with Crippen LogP contribution in [-0.4, -0.2) is 20.3 Å². The van der Waals surface area contributed by atoms with Crippen LogP contribution in [0.3, 0.4) is 0 Å². The number of ether oxygens (including phenoxy) is 3. The highest BCUT2D eigenvalue weighted by molar-refractivity contribution is 5.68. The van der Waals surface area contributed by atoms with Gasteiger partial charge in [-0.2, -0.15) is 0 Å². The van der Waals surface area contributed by atoms with E-state index < -0.39 is 0 Å². The highest BCUT2D eigenvalue weighted by atomic mass is 16.5. The fourth-order valence-corrected chi connectivity index (χ4v) is 5.33. The molecule has 0 amide bonds. The Morgan fingerprint density at radius 3 is 1.30 bits per heavy atom. The molecule has 0 radical (unpaired) electrons. The van der Waals surface area contributed by atoms with Crippen LogP contribution >= 0.6 is 0 Å². The maximum Gasteiger partial charge on any atom is 0.361 e. The fraction of sp³-hybridized carbons (Fsp3) is 0.525. The third-order valence-corrected chi connectivity index (χ3v) is 8.02. The molecule has 0 saturated heterocycles. The second kappa shape index (κ2) is 22.3. The first-order valence-corrected chi connectivity index (χ1v) is 17.4. The van der Waals surface area contributed by atoms with Gasteiger partial charge in [0.15, 0.2) is 0 Å². The van der Waals surface area contributed by atoms with Gasteiger partial charge in [-0.15, -0.1) is 0 Å². The summed E-state index contributed by atoms with van der Waals surface area (Å²) in [6.07, 6.45) is 24.4. The topological polar surface area (TPSA) is 39.0 Å². The highest BCUT2D eigenvalue weighted by Crippen LogP contribution is 2.31. The smallest absolute Gasteiger partial charge is 0.361 e. The maximum atomic E-state index is 6.41. The van der Waals surface area contributed by atoms with Gasteiger partial charge in [0, 0.05) is 0 Å². The minimum atomic E-state index is 0.763. The van der Waals surface area contributed by atoms with E-state index in [0.29, 0.717) is 0 Å². The Balaban J connectivity index is 1.52. The van der Waals surface area contributed by atoms with E-state index >= 15 is 0 Å². The average Bonchev–Trinajstić information content (AvgIpc) is 3.06. The normalized spacial score (nSPS) is 11.2. The van der Waals surface area contributed by atoms with Gasteiger partial charge in [0.05, 0.1) is 49.8 Å². The van der Waals surface area contributed by atoms with Gasteiger partial charge < -0.3 is 14.2 Å². The van der Waals surface area contributed by atoms with E-state index in [9.17, 15) is 0 Å². The molecule has 0 aliphatic rings. The van der Waals surface area contributed by atoms with Crippen LogP contribution in [0.25, 0.3) is 28.7 Å². The third kappa shape index (κ3) is 14.0. The first-order chi connectivity index (χ1) is 21.7. The van der Waals surface area contributed by atoms with Crippen LogP contribution < -0.4 is 9.47 Å². The van der Waals surface area contributed by atoms with Crippen LogP contribution in [0.4, 0.5) is 0 Å². The molecule has 1 heterocycles. The summed E-state index contributed by atoms with van der Waals surface area (Å²) in [5.41, 5.74) is 3.01. The van der Waals surface area contributed by atoms with Crippen molar-refractivity contribution in [1.29, 1.82) is 0 Å². The molecule has 0 saturated carbocycles. The van der Waals surface area contributed by atoms with Gasteiger partial charge in [-0.3, -0.25) is 0 Å². The second-order valence-corrected chi connectivity index (χ2v) is 11.9. The Labute approximate surface area is 267 Å². The first-order valence-electron chi connectivity index (χ1n) is 17.4. The van der Waals surface area contributed by atoms with E-state index in [2.05, 4.69) is 38.1 Å². The van der Waals surface area contributed by atoms with Crippen molar-refractivity contribution < 1.29 is 18.6 Å². The standard InChI is InChI=1S/C40H57O4/c1-4-6-8-10-12-14-16-18-29-42-37-24-20-35(21-25-37)39-32-34(28-31-41-3)33-40(44-39)36-22-26-38(27-23-36)43-30-19-17-15-13-11-9-7-5-2/h20-28,31-33H,4-19,29-30H2,1-3H3/q+1. The van der Waals surface area contributed by atoms with E-state index in [1.165, 1.54) is 89.9 Å². The van der Waals surface area contributed by atoms with Crippen molar-refractivity contribution >= 4 is 6.08 Å². The van der Waals surface area contributed by atoms with Crippen molar-refractivity contribution in [2.45, 2.75) is 117 Å². The number of unbranched alkanes of at least 4 members (excludes halogenated alkanes) is 14. The van der Waals surface area contributed by atoms with E-state index in [-0.39, 0.29) is 0 Å². The monoisotopic (exact) mass is 601 g/mol. The summed E-state index contributed by atoms with van der Waals surface area (Å²) in [6, 6.07) is 20.5. The number of hydrogen-bond donors (Lipinski definition) is 0. The van der Waals surface area contributed by atoms with E-state index in [4.69, 9.17) is 18.6 Å². The molecule has 44 heavy (non-hydrogen) atoms. The number of hydrogen-bond acceptors (Lipinski definition) is 3. The van der Waals surface area contributed by atoms with Gasteiger partial charge in [0.1, 0.15) is 11.5 Å². The van der Waals surface area contributed by atoms with Crippen LogP contribution in [-0.2, 0) is 4.74 Å². The van der Waals surface area contributed by atoms with Crippen molar-refractivity contribution in [3.05, 3.63) is 72.5 Å². The van der Waals surface area contributed by atoms with E-state index in [1.54, 1.807) is 13.4 Å².